The van der Waals surface area contributed by atoms with E-state index in [2.05, 4.69) is 93.6 Å². The van der Waals surface area contributed by atoms with E-state index in [1.54, 1.807) is 5.30 Å². The molecule has 4 aromatic rings. The van der Waals surface area contributed by atoms with Crippen molar-refractivity contribution in [1.82, 2.24) is 0 Å². The van der Waals surface area contributed by atoms with E-state index in [1.807, 2.05) is 0 Å². The van der Waals surface area contributed by atoms with Crippen molar-refractivity contribution in [2.45, 2.75) is 46.5 Å². The third kappa shape index (κ3) is 9.04. The van der Waals surface area contributed by atoms with E-state index in [0.717, 1.165) is 0 Å². The van der Waals surface area contributed by atoms with Gasteiger partial charge in [0.15, 0.2) is 0 Å². The molecule has 0 radical (unpaired) electrons. The fraction of sp³-hybridized carbons (Fsp3) is 0.333. The van der Waals surface area contributed by atoms with Crippen LogP contribution in [0.25, 0.3) is 21.5 Å². The van der Waals surface area contributed by atoms with Gasteiger partial charge >= 0.3 is 35.6 Å². The number of hydrogen-bond donors (Lipinski definition) is 0. The van der Waals surface area contributed by atoms with E-state index in [1.165, 1.54) is 65.1 Å². The standard InChI is InChI=1S/C17H24P.C10H9.2ClH.Ti/c1-3-5-11-18(12-6-4-2)17-13-15-9-7-8-10-16(15)14-17;1-8-6-9-4-2-3-5-10(9)7-8;;;/h7-10,13-14H,3-6,11-12H2,1-2H3;2-7H,1H3;2*1H;/q2*-1;;;+2/p-2. The topological polar surface area (TPSA) is 0 Å². The number of aryl methyl sites for hydroxylation is 1. The van der Waals surface area contributed by atoms with Gasteiger partial charge in [-0.3, -0.25) is 0 Å². The summed E-state index contributed by atoms with van der Waals surface area (Å²) in [5.74, 6) is 0. The summed E-state index contributed by atoms with van der Waals surface area (Å²) in [4.78, 5) is 0. The first-order chi connectivity index (χ1) is 15.1. The second kappa shape index (κ2) is 15.3. The molecule has 0 atom stereocenters. The summed E-state index contributed by atoms with van der Waals surface area (Å²) in [5, 5.41) is 7.18. The second-order valence-electron chi connectivity index (χ2n) is 7.77. The van der Waals surface area contributed by atoms with Crippen LogP contribution < -0.4 is 5.30 Å². The summed E-state index contributed by atoms with van der Waals surface area (Å²) < 4.78 is 0. The van der Waals surface area contributed by atoms with Crippen LogP contribution in [0.5, 0.6) is 0 Å². The monoisotopic (exact) mass is 506 g/mol. The average Bonchev–Trinajstić information content (AvgIpc) is 3.37. The molecule has 166 valence electrons. The summed E-state index contributed by atoms with van der Waals surface area (Å²) in [6.45, 7) is 6.73. The molecule has 0 heterocycles. The van der Waals surface area contributed by atoms with Crippen LogP contribution in [0.3, 0.4) is 0 Å². The van der Waals surface area contributed by atoms with Gasteiger partial charge in [-0.1, -0.05) is 53.7 Å². The molecular formula is C27H33Cl2PTi-2. The van der Waals surface area contributed by atoms with Crippen molar-refractivity contribution in [3.05, 3.63) is 78.4 Å². The fourth-order valence-electron chi connectivity index (χ4n) is 3.69. The van der Waals surface area contributed by atoms with Gasteiger partial charge in [0.1, 0.15) is 0 Å². The molecule has 0 saturated carbocycles. The molecule has 0 bridgehead atoms. The Bertz CT molecular complexity index is 930. The van der Waals surface area contributed by atoms with E-state index in [4.69, 9.17) is 18.6 Å². The molecule has 0 N–H and O–H groups in total. The van der Waals surface area contributed by atoms with Crippen molar-refractivity contribution in [2.24, 2.45) is 0 Å². The molecule has 4 aromatic carbocycles. The quantitative estimate of drug-likeness (QED) is 0.133. The van der Waals surface area contributed by atoms with Gasteiger partial charge in [0, 0.05) is 0 Å². The molecule has 0 aliphatic rings. The van der Waals surface area contributed by atoms with Crippen LogP contribution in [0.15, 0.2) is 72.8 Å². The fourth-order valence-corrected chi connectivity index (χ4v) is 6.47. The van der Waals surface area contributed by atoms with Gasteiger partial charge in [0.2, 0.25) is 0 Å². The Balaban J connectivity index is 0.000000219. The van der Waals surface area contributed by atoms with Crippen molar-refractivity contribution in [3.8, 4) is 0 Å². The van der Waals surface area contributed by atoms with Gasteiger partial charge in [-0.25, -0.2) is 0 Å². The Hall–Kier alpha value is -0.616. The van der Waals surface area contributed by atoms with Crippen LogP contribution in [0.1, 0.15) is 45.1 Å². The Kier molecular flexibility index (Phi) is 13.1. The predicted octanol–water partition coefficient (Wildman–Crippen LogP) is 9.51. The Morgan fingerprint density at radius 1 is 0.774 bits per heavy atom. The van der Waals surface area contributed by atoms with E-state index in [0.29, 0.717) is 0 Å². The van der Waals surface area contributed by atoms with Crippen LogP contribution in [0.4, 0.5) is 0 Å². The maximum absolute atomic E-state index is 4.89. The third-order valence-electron chi connectivity index (χ3n) is 5.29. The zero-order chi connectivity index (χ0) is 22.5. The number of unbranched alkanes of at least 4 members (excludes halogenated alkanes) is 2. The first-order valence-electron chi connectivity index (χ1n) is 11.1. The molecule has 0 amide bonds. The first kappa shape index (κ1) is 26.6. The molecule has 0 aliphatic heterocycles. The van der Waals surface area contributed by atoms with Crippen molar-refractivity contribution in [3.63, 3.8) is 0 Å². The minimum absolute atomic E-state index is 0.0856. The van der Waals surface area contributed by atoms with E-state index in [-0.39, 0.29) is 7.92 Å². The molecule has 0 nitrogen and oxygen atoms in total. The molecule has 4 heteroatoms. The summed E-state index contributed by atoms with van der Waals surface area (Å²) in [5.41, 5.74) is 1.35. The van der Waals surface area contributed by atoms with Crippen molar-refractivity contribution in [1.29, 1.82) is 0 Å². The zero-order valence-electron chi connectivity index (χ0n) is 18.9. The van der Waals surface area contributed by atoms with E-state index < -0.39 is 17.0 Å². The molecule has 4 rings (SSSR count). The number of benzene rings is 2. The molecule has 0 aliphatic carbocycles. The molecule has 0 fully saturated rings. The third-order valence-corrected chi connectivity index (χ3v) is 7.99. The molecule has 0 unspecified atom stereocenters. The van der Waals surface area contributed by atoms with E-state index in [9.17, 15) is 0 Å². The van der Waals surface area contributed by atoms with Crippen molar-refractivity contribution < 1.29 is 17.0 Å². The van der Waals surface area contributed by atoms with Crippen LogP contribution in [0, 0.1) is 6.92 Å². The summed E-state index contributed by atoms with van der Waals surface area (Å²) in [6.07, 6.45) is 8.26. The molecule has 0 aromatic heterocycles. The summed E-state index contributed by atoms with van der Waals surface area (Å²) >= 11 is -0.556. The SMILES string of the molecule is CCCCP(CCCC)c1cc2ccccc2[cH-]1.Cc1cc2ccccc2[cH-]1.[Cl][Ti][Cl]. The van der Waals surface area contributed by atoms with Crippen LogP contribution in [-0.4, -0.2) is 12.3 Å². The normalized spacial score (nSPS) is 10.5. The summed E-state index contributed by atoms with van der Waals surface area (Å²) in [6, 6.07) is 26.5. The van der Waals surface area contributed by atoms with Gasteiger partial charge in [-0.05, 0) is 25.2 Å². The molecule has 31 heavy (non-hydrogen) atoms. The Morgan fingerprint density at radius 3 is 1.74 bits per heavy atom. The Labute approximate surface area is 206 Å². The molecular weight excluding hydrogens is 474 g/mol. The summed E-state index contributed by atoms with van der Waals surface area (Å²) in [7, 11) is 9.86. The molecule has 0 spiro atoms. The minimum atomic E-state index is -0.556. The Morgan fingerprint density at radius 2 is 1.26 bits per heavy atom. The van der Waals surface area contributed by atoms with Crippen molar-refractivity contribution >= 4 is 53.4 Å². The van der Waals surface area contributed by atoms with Gasteiger partial charge in [-0.15, -0.1) is 80.9 Å². The number of halogens is 2. The zero-order valence-corrected chi connectivity index (χ0v) is 22.8. The molecule has 0 saturated heterocycles. The average molecular weight is 507 g/mol. The van der Waals surface area contributed by atoms with Gasteiger partial charge in [-0.2, -0.15) is 12.1 Å². The van der Waals surface area contributed by atoms with Gasteiger partial charge < -0.3 is 0 Å². The van der Waals surface area contributed by atoms with E-state index >= 15 is 0 Å². The van der Waals surface area contributed by atoms with Crippen LogP contribution in [-0.2, 0) is 17.0 Å². The van der Waals surface area contributed by atoms with Crippen molar-refractivity contribution in [2.75, 3.05) is 12.3 Å². The first-order valence-corrected chi connectivity index (χ1v) is 17.1. The predicted molar refractivity (Wildman–Crippen MR) is 142 cm³/mol. The second-order valence-corrected chi connectivity index (χ2v) is 12.8. The van der Waals surface area contributed by atoms with Crippen LogP contribution >= 0.6 is 26.5 Å². The maximum atomic E-state index is 4.89. The number of rotatable bonds is 7. The number of fused-ring (bicyclic) bond motifs is 2. The van der Waals surface area contributed by atoms with Crippen LogP contribution in [0.2, 0.25) is 0 Å². The number of hydrogen-bond acceptors (Lipinski definition) is 0. The van der Waals surface area contributed by atoms with Gasteiger partial charge in [0.25, 0.3) is 0 Å². The van der Waals surface area contributed by atoms with Gasteiger partial charge in [0.05, 0.1) is 0 Å².